The largest absolute Gasteiger partial charge is 0.483 e. The minimum atomic E-state index is -0.522. The van der Waals surface area contributed by atoms with E-state index in [1.807, 2.05) is 64.1 Å². The van der Waals surface area contributed by atoms with Gasteiger partial charge in [-0.25, -0.2) is 0 Å². The quantitative estimate of drug-likeness (QED) is 0.611. The van der Waals surface area contributed by atoms with Crippen molar-refractivity contribution < 1.29 is 14.3 Å². The lowest BCUT2D eigenvalue weighted by atomic mass is 10.1. The Morgan fingerprint density at radius 1 is 1.06 bits per heavy atom. The molecule has 0 heterocycles. The fourth-order valence-corrected chi connectivity index (χ4v) is 4.38. The van der Waals surface area contributed by atoms with Crippen molar-refractivity contribution >= 4 is 11.8 Å². The second-order valence-corrected chi connectivity index (χ2v) is 8.98. The fourth-order valence-electron chi connectivity index (χ4n) is 4.38. The van der Waals surface area contributed by atoms with Gasteiger partial charge in [0.1, 0.15) is 11.8 Å². The molecule has 5 heteroatoms. The lowest BCUT2D eigenvalue weighted by Gasteiger charge is -2.31. The molecule has 172 valence electrons. The summed E-state index contributed by atoms with van der Waals surface area (Å²) in [5, 5.41) is 3.18. The number of hydrogen-bond donors (Lipinski definition) is 1. The van der Waals surface area contributed by atoms with E-state index >= 15 is 0 Å². The van der Waals surface area contributed by atoms with Gasteiger partial charge in [-0.05, 0) is 62.8 Å². The van der Waals surface area contributed by atoms with Crippen LogP contribution in [-0.2, 0) is 16.1 Å². The van der Waals surface area contributed by atoms with Gasteiger partial charge < -0.3 is 15.0 Å². The number of aryl methyl sites for hydroxylation is 3. The number of nitrogens with zero attached hydrogens (tertiary/aromatic N) is 1. The highest BCUT2D eigenvalue weighted by Gasteiger charge is 2.31. The number of hydrogen-bond acceptors (Lipinski definition) is 3. The zero-order valence-electron chi connectivity index (χ0n) is 19.8. The Morgan fingerprint density at radius 3 is 2.47 bits per heavy atom. The monoisotopic (exact) mass is 436 g/mol. The predicted octanol–water partition coefficient (Wildman–Crippen LogP) is 4.86. The van der Waals surface area contributed by atoms with Gasteiger partial charge in [0.05, 0.1) is 0 Å². The van der Waals surface area contributed by atoms with Gasteiger partial charge >= 0.3 is 0 Å². The Labute approximate surface area is 192 Å². The number of benzene rings is 2. The average molecular weight is 437 g/mol. The third-order valence-corrected chi connectivity index (χ3v) is 6.22. The number of carbonyl (C=O) groups is 2. The molecule has 2 aromatic carbocycles. The van der Waals surface area contributed by atoms with Gasteiger partial charge in [0.25, 0.3) is 5.91 Å². The summed E-state index contributed by atoms with van der Waals surface area (Å²) >= 11 is 0. The first-order valence-electron chi connectivity index (χ1n) is 11.7. The lowest BCUT2D eigenvalue weighted by Crippen LogP contribution is -2.52. The third kappa shape index (κ3) is 6.35. The van der Waals surface area contributed by atoms with Crippen LogP contribution in [-0.4, -0.2) is 35.4 Å². The molecule has 0 unspecified atom stereocenters. The van der Waals surface area contributed by atoms with Crippen LogP contribution in [0.2, 0.25) is 0 Å². The molecule has 0 aromatic heterocycles. The van der Waals surface area contributed by atoms with E-state index in [0.29, 0.717) is 18.7 Å². The summed E-state index contributed by atoms with van der Waals surface area (Å²) in [6.07, 6.45) is 4.89. The highest BCUT2D eigenvalue weighted by atomic mass is 16.5. The van der Waals surface area contributed by atoms with Crippen LogP contribution in [0.25, 0.3) is 0 Å². The molecule has 1 aliphatic rings. The van der Waals surface area contributed by atoms with E-state index in [1.54, 1.807) is 4.90 Å². The van der Waals surface area contributed by atoms with Gasteiger partial charge in [-0.1, -0.05) is 61.7 Å². The van der Waals surface area contributed by atoms with Crippen LogP contribution in [0.3, 0.4) is 0 Å². The van der Waals surface area contributed by atoms with Crippen molar-refractivity contribution in [1.29, 1.82) is 0 Å². The van der Waals surface area contributed by atoms with Crippen molar-refractivity contribution in [3.05, 3.63) is 64.7 Å². The van der Waals surface area contributed by atoms with E-state index in [-0.39, 0.29) is 24.5 Å². The van der Waals surface area contributed by atoms with Gasteiger partial charge in [-0.2, -0.15) is 0 Å². The summed E-state index contributed by atoms with van der Waals surface area (Å²) in [5.41, 5.74) is 4.21. The van der Waals surface area contributed by atoms with Crippen molar-refractivity contribution in [2.24, 2.45) is 0 Å². The van der Waals surface area contributed by atoms with E-state index in [0.717, 1.165) is 47.9 Å². The molecule has 0 saturated heterocycles. The van der Waals surface area contributed by atoms with Crippen LogP contribution < -0.4 is 10.1 Å². The zero-order chi connectivity index (χ0) is 23.1. The van der Waals surface area contributed by atoms with Crippen LogP contribution >= 0.6 is 0 Å². The molecule has 0 spiro atoms. The minimum absolute atomic E-state index is 0.0628. The smallest absolute Gasteiger partial charge is 0.261 e. The number of ether oxygens (including phenoxy) is 1. The average Bonchev–Trinajstić information content (AvgIpc) is 3.27. The normalized spacial score (nSPS) is 14.8. The van der Waals surface area contributed by atoms with E-state index in [1.165, 1.54) is 0 Å². The minimum Gasteiger partial charge on any atom is -0.483 e. The number of nitrogens with one attached hydrogen (secondary N) is 1. The molecule has 2 amide bonds. The third-order valence-electron chi connectivity index (χ3n) is 6.22. The Balaban J connectivity index is 1.78. The van der Waals surface area contributed by atoms with Crippen molar-refractivity contribution in [2.75, 3.05) is 6.61 Å². The van der Waals surface area contributed by atoms with Crippen molar-refractivity contribution in [3.8, 4) is 5.75 Å². The summed E-state index contributed by atoms with van der Waals surface area (Å²) in [4.78, 5) is 28.2. The topological polar surface area (TPSA) is 58.6 Å². The maximum absolute atomic E-state index is 13.4. The van der Waals surface area contributed by atoms with Crippen LogP contribution in [0.4, 0.5) is 0 Å². The first-order valence-corrected chi connectivity index (χ1v) is 11.7. The van der Waals surface area contributed by atoms with E-state index in [2.05, 4.69) is 11.4 Å². The van der Waals surface area contributed by atoms with E-state index in [4.69, 9.17) is 4.74 Å². The van der Waals surface area contributed by atoms with Crippen LogP contribution in [0.1, 0.15) is 61.3 Å². The SMILES string of the molecule is CC[C@H](C(=O)NC1CCCC1)N(Cc1cccc(C)c1)C(=O)COc1cc(C)ccc1C. The van der Waals surface area contributed by atoms with Crippen molar-refractivity contribution in [1.82, 2.24) is 10.2 Å². The Kier molecular flexibility index (Phi) is 8.32. The first-order chi connectivity index (χ1) is 15.4. The van der Waals surface area contributed by atoms with Crippen LogP contribution in [0.15, 0.2) is 42.5 Å². The summed E-state index contributed by atoms with van der Waals surface area (Å²) in [7, 11) is 0. The first kappa shape index (κ1) is 23.8. The maximum Gasteiger partial charge on any atom is 0.261 e. The number of carbonyl (C=O) groups excluding carboxylic acids is 2. The molecule has 1 fully saturated rings. The Bertz CT molecular complexity index is 934. The fraction of sp³-hybridized carbons (Fsp3) is 0.481. The predicted molar refractivity (Wildman–Crippen MR) is 128 cm³/mol. The van der Waals surface area contributed by atoms with Crippen LogP contribution in [0.5, 0.6) is 5.75 Å². The van der Waals surface area contributed by atoms with Crippen molar-refractivity contribution in [3.63, 3.8) is 0 Å². The molecule has 3 rings (SSSR count). The highest BCUT2D eigenvalue weighted by molar-refractivity contribution is 5.88. The lowest BCUT2D eigenvalue weighted by molar-refractivity contribution is -0.143. The molecule has 32 heavy (non-hydrogen) atoms. The summed E-state index contributed by atoms with van der Waals surface area (Å²) in [5.74, 6) is 0.463. The molecule has 1 aliphatic carbocycles. The summed E-state index contributed by atoms with van der Waals surface area (Å²) < 4.78 is 5.91. The summed E-state index contributed by atoms with van der Waals surface area (Å²) in [6.45, 7) is 8.24. The number of amides is 2. The van der Waals surface area contributed by atoms with E-state index in [9.17, 15) is 9.59 Å². The number of rotatable bonds is 9. The molecule has 0 aliphatic heterocycles. The van der Waals surface area contributed by atoms with E-state index < -0.39 is 6.04 Å². The molecule has 5 nitrogen and oxygen atoms in total. The standard InChI is InChI=1S/C27H36N2O3/c1-5-24(27(31)28-23-11-6-7-12-23)29(17-22-10-8-9-19(2)15-22)26(30)18-32-25-16-20(3)13-14-21(25)4/h8-10,13-16,23-24H,5-7,11-12,17-18H2,1-4H3,(H,28,31)/t24-/m1/s1. The molecule has 1 N–H and O–H groups in total. The Morgan fingerprint density at radius 2 is 1.78 bits per heavy atom. The van der Waals surface area contributed by atoms with Gasteiger partial charge in [-0.3, -0.25) is 9.59 Å². The van der Waals surface area contributed by atoms with Gasteiger partial charge in [0, 0.05) is 12.6 Å². The molecule has 0 radical (unpaired) electrons. The highest BCUT2D eigenvalue weighted by Crippen LogP contribution is 2.21. The molecule has 1 atom stereocenters. The molecule has 2 aromatic rings. The summed E-state index contributed by atoms with van der Waals surface area (Å²) in [6, 6.07) is 13.7. The van der Waals surface area contributed by atoms with Crippen molar-refractivity contribution in [2.45, 2.75) is 78.4 Å². The zero-order valence-corrected chi connectivity index (χ0v) is 19.8. The van der Waals surface area contributed by atoms with Gasteiger partial charge in [-0.15, -0.1) is 0 Å². The maximum atomic E-state index is 13.4. The second kappa shape index (κ2) is 11.2. The van der Waals surface area contributed by atoms with Crippen LogP contribution in [0, 0.1) is 20.8 Å². The molecular formula is C27H36N2O3. The molecule has 0 bridgehead atoms. The molecular weight excluding hydrogens is 400 g/mol. The van der Waals surface area contributed by atoms with Gasteiger partial charge in [0.15, 0.2) is 6.61 Å². The second-order valence-electron chi connectivity index (χ2n) is 8.98. The van der Waals surface area contributed by atoms with Gasteiger partial charge in [0.2, 0.25) is 5.91 Å². The molecule has 1 saturated carbocycles. The Hall–Kier alpha value is -2.82.